The van der Waals surface area contributed by atoms with Crippen LogP contribution in [0.5, 0.6) is 0 Å². The number of sulfonamides is 1. The molecule has 2 rings (SSSR count). The predicted octanol–water partition coefficient (Wildman–Crippen LogP) is 2.23. The molecule has 0 aromatic heterocycles. The molecule has 23 heavy (non-hydrogen) atoms. The standard InChI is InChI=1S/C17H26N2O3S/c1-13-7-10-19(11-8-13)17(20)6-9-18-23(21,22)16-5-4-14(2)12-15(16)3/h4-5,12-13,18H,6-11H2,1-3H3. The lowest BCUT2D eigenvalue weighted by Gasteiger charge is -2.30. The fourth-order valence-corrected chi connectivity index (χ4v) is 4.14. The Bertz CT molecular complexity index is 662. The molecule has 1 N–H and O–H groups in total. The number of hydrogen-bond acceptors (Lipinski definition) is 3. The van der Waals surface area contributed by atoms with Crippen molar-refractivity contribution in [3.8, 4) is 0 Å². The second-order valence-electron chi connectivity index (χ2n) is 6.48. The number of carbonyl (C=O) groups is 1. The highest BCUT2D eigenvalue weighted by Crippen LogP contribution is 2.17. The van der Waals surface area contributed by atoms with Gasteiger partial charge in [0.25, 0.3) is 0 Å². The third kappa shape index (κ3) is 4.78. The number of nitrogens with one attached hydrogen (secondary N) is 1. The van der Waals surface area contributed by atoms with Crippen LogP contribution in [0.1, 0.15) is 37.3 Å². The molecule has 0 unspecified atom stereocenters. The molecule has 1 aromatic rings. The molecule has 1 aromatic carbocycles. The van der Waals surface area contributed by atoms with E-state index in [0.717, 1.165) is 31.5 Å². The highest BCUT2D eigenvalue weighted by atomic mass is 32.2. The summed E-state index contributed by atoms with van der Waals surface area (Å²) in [6.07, 6.45) is 2.26. The van der Waals surface area contributed by atoms with E-state index in [9.17, 15) is 13.2 Å². The van der Waals surface area contributed by atoms with E-state index in [1.54, 1.807) is 19.1 Å². The lowest BCUT2D eigenvalue weighted by molar-refractivity contribution is -0.132. The van der Waals surface area contributed by atoms with Crippen molar-refractivity contribution in [3.63, 3.8) is 0 Å². The minimum Gasteiger partial charge on any atom is -0.343 e. The number of carbonyl (C=O) groups excluding carboxylic acids is 1. The molecule has 1 saturated heterocycles. The number of amides is 1. The Balaban J connectivity index is 1.88. The maximum atomic E-state index is 12.3. The second-order valence-corrected chi connectivity index (χ2v) is 8.22. The van der Waals surface area contributed by atoms with Crippen LogP contribution in [0.15, 0.2) is 23.1 Å². The first kappa shape index (κ1) is 17.9. The van der Waals surface area contributed by atoms with E-state index in [-0.39, 0.29) is 23.8 Å². The predicted molar refractivity (Wildman–Crippen MR) is 90.7 cm³/mol. The number of benzene rings is 1. The molecule has 1 amide bonds. The third-order valence-corrected chi connectivity index (χ3v) is 6.01. The molecule has 1 fully saturated rings. The summed E-state index contributed by atoms with van der Waals surface area (Å²) in [5.74, 6) is 0.697. The number of hydrogen-bond donors (Lipinski definition) is 1. The maximum absolute atomic E-state index is 12.3. The van der Waals surface area contributed by atoms with Gasteiger partial charge >= 0.3 is 0 Å². The van der Waals surface area contributed by atoms with Crippen LogP contribution in [0, 0.1) is 19.8 Å². The van der Waals surface area contributed by atoms with Crippen molar-refractivity contribution in [1.82, 2.24) is 9.62 Å². The van der Waals surface area contributed by atoms with Gasteiger partial charge in [-0.25, -0.2) is 13.1 Å². The molecule has 0 saturated carbocycles. The van der Waals surface area contributed by atoms with Crippen molar-refractivity contribution in [2.45, 2.75) is 44.9 Å². The van der Waals surface area contributed by atoms with Gasteiger partial charge in [-0.3, -0.25) is 4.79 Å². The molecule has 6 heteroatoms. The summed E-state index contributed by atoms with van der Waals surface area (Å²) in [4.78, 5) is 14.2. The quantitative estimate of drug-likeness (QED) is 0.895. The Kier molecular flexibility index (Phi) is 5.81. The van der Waals surface area contributed by atoms with Gasteiger partial charge in [-0.05, 0) is 44.2 Å². The van der Waals surface area contributed by atoms with Gasteiger partial charge in [0.2, 0.25) is 15.9 Å². The Morgan fingerprint density at radius 1 is 1.26 bits per heavy atom. The van der Waals surface area contributed by atoms with Crippen LogP contribution in [0.3, 0.4) is 0 Å². The average molecular weight is 338 g/mol. The van der Waals surface area contributed by atoms with Crippen molar-refractivity contribution in [2.75, 3.05) is 19.6 Å². The van der Waals surface area contributed by atoms with Crippen LogP contribution >= 0.6 is 0 Å². The van der Waals surface area contributed by atoms with E-state index in [0.29, 0.717) is 11.5 Å². The molecule has 0 aliphatic carbocycles. The van der Waals surface area contributed by atoms with Crippen molar-refractivity contribution in [1.29, 1.82) is 0 Å². The summed E-state index contributed by atoms with van der Waals surface area (Å²) >= 11 is 0. The van der Waals surface area contributed by atoms with Crippen LogP contribution in [0.2, 0.25) is 0 Å². The fourth-order valence-electron chi connectivity index (χ4n) is 2.89. The van der Waals surface area contributed by atoms with Crippen LogP contribution in [-0.2, 0) is 14.8 Å². The topological polar surface area (TPSA) is 66.5 Å². The van der Waals surface area contributed by atoms with Gasteiger partial charge in [-0.2, -0.15) is 0 Å². The number of piperidine rings is 1. The van der Waals surface area contributed by atoms with Crippen molar-refractivity contribution >= 4 is 15.9 Å². The van der Waals surface area contributed by atoms with Gasteiger partial charge in [-0.15, -0.1) is 0 Å². The first-order valence-electron chi connectivity index (χ1n) is 8.14. The van der Waals surface area contributed by atoms with E-state index >= 15 is 0 Å². The number of aryl methyl sites for hydroxylation is 2. The molecule has 0 bridgehead atoms. The number of rotatable bonds is 5. The van der Waals surface area contributed by atoms with Gasteiger partial charge in [-0.1, -0.05) is 24.6 Å². The molecule has 5 nitrogen and oxygen atoms in total. The SMILES string of the molecule is Cc1ccc(S(=O)(=O)NCCC(=O)N2CCC(C)CC2)c(C)c1. The highest BCUT2D eigenvalue weighted by Gasteiger charge is 2.21. The average Bonchev–Trinajstić information content (AvgIpc) is 2.47. The second kappa shape index (κ2) is 7.45. The highest BCUT2D eigenvalue weighted by molar-refractivity contribution is 7.89. The lowest BCUT2D eigenvalue weighted by atomic mass is 9.99. The normalized spacial score (nSPS) is 16.6. The molecular formula is C17H26N2O3S. The largest absolute Gasteiger partial charge is 0.343 e. The molecule has 128 valence electrons. The lowest BCUT2D eigenvalue weighted by Crippen LogP contribution is -2.39. The smallest absolute Gasteiger partial charge is 0.240 e. The van der Waals surface area contributed by atoms with E-state index < -0.39 is 10.0 Å². The van der Waals surface area contributed by atoms with Crippen molar-refractivity contribution in [2.24, 2.45) is 5.92 Å². The van der Waals surface area contributed by atoms with Crippen molar-refractivity contribution < 1.29 is 13.2 Å². The van der Waals surface area contributed by atoms with Gasteiger partial charge in [0.15, 0.2) is 0 Å². The summed E-state index contributed by atoms with van der Waals surface area (Å²) in [7, 11) is -3.56. The fraction of sp³-hybridized carbons (Fsp3) is 0.588. The van der Waals surface area contributed by atoms with Crippen molar-refractivity contribution in [3.05, 3.63) is 29.3 Å². The minimum atomic E-state index is -3.56. The number of nitrogens with zero attached hydrogens (tertiary/aromatic N) is 1. The zero-order valence-corrected chi connectivity index (χ0v) is 14.9. The van der Waals surface area contributed by atoms with Gasteiger partial charge < -0.3 is 4.90 Å². The van der Waals surface area contributed by atoms with Crippen LogP contribution < -0.4 is 4.72 Å². The first-order valence-corrected chi connectivity index (χ1v) is 9.62. The van der Waals surface area contributed by atoms with E-state index in [4.69, 9.17) is 0 Å². The summed E-state index contributed by atoms with van der Waals surface area (Å²) in [5.41, 5.74) is 1.74. The molecule has 0 spiro atoms. The molecule has 1 aliphatic rings. The number of likely N-dealkylation sites (tertiary alicyclic amines) is 1. The van der Waals surface area contributed by atoms with E-state index in [2.05, 4.69) is 11.6 Å². The summed E-state index contributed by atoms with van der Waals surface area (Å²) in [6, 6.07) is 5.23. The van der Waals surface area contributed by atoms with E-state index in [1.807, 2.05) is 17.9 Å². The zero-order chi connectivity index (χ0) is 17.0. The third-order valence-electron chi connectivity index (χ3n) is 4.39. The van der Waals surface area contributed by atoms with Gasteiger partial charge in [0, 0.05) is 26.1 Å². The maximum Gasteiger partial charge on any atom is 0.240 e. The molecule has 0 radical (unpaired) electrons. The van der Waals surface area contributed by atoms with Gasteiger partial charge in [0.1, 0.15) is 0 Å². The Morgan fingerprint density at radius 2 is 1.91 bits per heavy atom. The Morgan fingerprint density at radius 3 is 2.52 bits per heavy atom. The Labute approximate surface area is 139 Å². The minimum absolute atomic E-state index is 0.0280. The molecular weight excluding hydrogens is 312 g/mol. The van der Waals surface area contributed by atoms with E-state index in [1.165, 1.54) is 0 Å². The summed E-state index contributed by atoms with van der Waals surface area (Å²) in [5, 5.41) is 0. The van der Waals surface area contributed by atoms with Gasteiger partial charge in [0.05, 0.1) is 4.90 Å². The molecule has 1 aliphatic heterocycles. The van der Waals surface area contributed by atoms with Crippen LogP contribution in [0.25, 0.3) is 0 Å². The Hall–Kier alpha value is -1.40. The zero-order valence-electron chi connectivity index (χ0n) is 14.1. The molecule has 0 atom stereocenters. The van der Waals surface area contributed by atoms with Crippen LogP contribution in [-0.4, -0.2) is 38.9 Å². The monoisotopic (exact) mass is 338 g/mol. The summed E-state index contributed by atoms with van der Waals surface area (Å²) in [6.45, 7) is 7.60. The molecule has 1 heterocycles. The van der Waals surface area contributed by atoms with Crippen LogP contribution in [0.4, 0.5) is 0 Å². The first-order chi connectivity index (χ1) is 10.8. The summed E-state index contributed by atoms with van der Waals surface area (Å²) < 4.78 is 27.2.